The van der Waals surface area contributed by atoms with E-state index >= 15 is 0 Å². The largest absolute Gasteiger partial charge is 0.389 e. The zero-order valence-corrected chi connectivity index (χ0v) is 11.5. The van der Waals surface area contributed by atoms with Gasteiger partial charge in [0.2, 0.25) is 0 Å². The molecule has 18 heavy (non-hydrogen) atoms. The van der Waals surface area contributed by atoms with Gasteiger partial charge < -0.3 is 14.7 Å². The summed E-state index contributed by atoms with van der Waals surface area (Å²) in [6.45, 7) is 7.08. The number of anilines is 1. The molecule has 1 aromatic rings. The molecule has 0 aliphatic rings. The molecule has 102 valence electrons. The van der Waals surface area contributed by atoms with E-state index in [1.165, 1.54) is 12.1 Å². The molecular formula is C14H22FNO2. The van der Waals surface area contributed by atoms with Crippen molar-refractivity contribution < 1.29 is 14.2 Å². The first-order chi connectivity index (χ1) is 8.51. The molecule has 1 N–H and O–H groups in total. The molecule has 0 aliphatic heterocycles. The Morgan fingerprint density at radius 2 is 2.06 bits per heavy atom. The number of benzene rings is 1. The Morgan fingerprint density at radius 1 is 1.39 bits per heavy atom. The predicted octanol–water partition coefficient (Wildman–Crippen LogP) is 2.74. The quantitative estimate of drug-likeness (QED) is 0.848. The van der Waals surface area contributed by atoms with Crippen molar-refractivity contribution in [1.82, 2.24) is 0 Å². The lowest BCUT2D eigenvalue weighted by atomic mass is 10.1. The third kappa shape index (κ3) is 3.43. The highest BCUT2D eigenvalue weighted by Gasteiger charge is 2.18. The van der Waals surface area contributed by atoms with Gasteiger partial charge in [-0.05, 0) is 39.0 Å². The minimum Gasteiger partial charge on any atom is -0.389 e. The molecule has 0 saturated heterocycles. The summed E-state index contributed by atoms with van der Waals surface area (Å²) in [6.07, 6.45) is -0.695. The highest BCUT2D eigenvalue weighted by molar-refractivity contribution is 5.55. The van der Waals surface area contributed by atoms with E-state index in [-0.39, 0.29) is 11.9 Å². The van der Waals surface area contributed by atoms with E-state index in [0.717, 1.165) is 12.2 Å². The van der Waals surface area contributed by atoms with Crippen LogP contribution in [-0.4, -0.2) is 31.4 Å². The summed E-state index contributed by atoms with van der Waals surface area (Å²) in [4.78, 5) is 2.10. The van der Waals surface area contributed by atoms with Crippen LogP contribution in [0.2, 0.25) is 0 Å². The number of likely N-dealkylation sites (N-methyl/N-ethyl adjacent to an activating group) is 1. The van der Waals surface area contributed by atoms with Gasteiger partial charge in [0.25, 0.3) is 0 Å². The van der Waals surface area contributed by atoms with E-state index in [1.807, 2.05) is 13.8 Å². The van der Waals surface area contributed by atoms with Crippen molar-refractivity contribution in [2.75, 3.05) is 25.2 Å². The Morgan fingerprint density at radius 3 is 2.56 bits per heavy atom. The van der Waals surface area contributed by atoms with Crippen LogP contribution in [0.3, 0.4) is 0 Å². The molecule has 1 rings (SSSR count). The SMILES string of the molecule is CCN(c1ccc(F)cc1[C@@H](C)O)C(C)COC. The number of aliphatic hydroxyl groups is 1. The third-order valence-corrected chi connectivity index (χ3v) is 3.03. The summed E-state index contributed by atoms with van der Waals surface area (Å²) in [5, 5.41) is 9.76. The average Bonchev–Trinajstić information content (AvgIpc) is 2.32. The molecular weight excluding hydrogens is 233 g/mol. The van der Waals surface area contributed by atoms with Gasteiger partial charge in [-0.25, -0.2) is 4.39 Å². The Hall–Kier alpha value is -1.13. The van der Waals surface area contributed by atoms with E-state index in [2.05, 4.69) is 4.90 Å². The second-order valence-corrected chi connectivity index (χ2v) is 4.47. The van der Waals surface area contributed by atoms with Crippen LogP contribution < -0.4 is 4.90 Å². The number of ether oxygens (including phenoxy) is 1. The maximum absolute atomic E-state index is 13.3. The van der Waals surface area contributed by atoms with Crippen molar-refractivity contribution in [3.63, 3.8) is 0 Å². The Kier molecular flexibility index (Phi) is 5.56. The van der Waals surface area contributed by atoms with Crippen LogP contribution in [0.4, 0.5) is 10.1 Å². The van der Waals surface area contributed by atoms with Crippen molar-refractivity contribution in [1.29, 1.82) is 0 Å². The van der Waals surface area contributed by atoms with Gasteiger partial charge >= 0.3 is 0 Å². The highest BCUT2D eigenvalue weighted by Crippen LogP contribution is 2.28. The summed E-state index contributed by atoms with van der Waals surface area (Å²) in [5.41, 5.74) is 1.47. The Balaban J connectivity index is 3.12. The minimum atomic E-state index is -0.695. The first kappa shape index (κ1) is 14.9. The molecule has 0 saturated carbocycles. The molecule has 0 heterocycles. The van der Waals surface area contributed by atoms with Crippen LogP contribution in [0.5, 0.6) is 0 Å². The van der Waals surface area contributed by atoms with Gasteiger partial charge in [-0.2, -0.15) is 0 Å². The highest BCUT2D eigenvalue weighted by atomic mass is 19.1. The van der Waals surface area contributed by atoms with Crippen LogP contribution >= 0.6 is 0 Å². The third-order valence-electron chi connectivity index (χ3n) is 3.03. The maximum atomic E-state index is 13.3. The van der Waals surface area contributed by atoms with Gasteiger partial charge in [0.05, 0.1) is 12.7 Å². The standard InChI is InChI=1S/C14H22FNO2/c1-5-16(10(2)9-18-4)14-7-6-12(15)8-13(14)11(3)17/h6-8,10-11,17H,5,9H2,1-4H3/t10?,11-/m1/s1. The molecule has 0 fully saturated rings. The first-order valence-corrected chi connectivity index (χ1v) is 6.24. The van der Waals surface area contributed by atoms with Crippen molar-refractivity contribution in [3.05, 3.63) is 29.6 Å². The summed E-state index contributed by atoms with van der Waals surface area (Å²) in [6, 6.07) is 4.70. The molecule has 2 atom stereocenters. The van der Waals surface area contributed by atoms with Gasteiger partial charge in [0, 0.05) is 30.9 Å². The Labute approximate surface area is 108 Å². The van der Waals surface area contributed by atoms with Gasteiger partial charge in [0.1, 0.15) is 5.82 Å². The lowest BCUT2D eigenvalue weighted by Gasteiger charge is -2.32. The van der Waals surface area contributed by atoms with E-state index in [4.69, 9.17) is 4.74 Å². The van der Waals surface area contributed by atoms with Gasteiger partial charge in [-0.3, -0.25) is 0 Å². The number of aliphatic hydroxyl groups excluding tert-OH is 1. The van der Waals surface area contributed by atoms with E-state index in [1.54, 1.807) is 20.1 Å². The second-order valence-electron chi connectivity index (χ2n) is 4.47. The van der Waals surface area contributed by atoms with Crippen LogP contribution in [-0.2, 0) is 4.74 Å². The van der Waals surface area contributed by atoms with Crippen molar-refractivity contribution in [2.24, 2.45) is 0 Å². The fourth-order valence-electron chi connectivity index (χ4n) is 2.17. The van der Waals surface area contributed by atoms with Crippen LogP contribution in [0.1, 0.15) is 32.4 Å². The Bertz CT molecular complexity index is 382. The number of nitrogens with zero attached hydrogens (tertiary/aromatic N) is 1. The van der Waals surface area contributed by atoms with E-state index < -0.39 is 6.10 Å². The van der Waals surface area contributed by atoms with Gasteiger partial charge in [0.15, 0.2) is 0 Å². The zero-order valence-electron chi connectivity index (χ0n) is 11.5. The molecule has 1 aromatic carbocycles. The van der Waals surface area contributed by atoms with E-state index in [9.17, 15) is 9.50 Å². The first-order valence-electron chi connectivity index (χ1n) is 6.24. The van der Waals surface area contributed by atoms with Gasteiger partial charge in [-0.15, -0.1) is 0 Å². The number of methoxy groups -OCH3 is 1. The lowest BCUT2D eigenvalue weighted by molar-refractivity contribution is 0.180. The molecule has 0 aliphatic carbocycles. The molecule has 3 nitrogen and oxygen atoms in total. The van der Waals surface area contributed by atoms with Crippen LogP contribution in [0.25, 0.3) is 0 Å². The molecule has 0 bridgehead atoms. The average molecular weight is 255 g/mol. The van der Waals surface area contributed by atoms with Crippen LogP contribution in [0, 0.1) is 5.82 Å². The van der Waals surface area contributed by atoms with Gasteiger partial charge in [-0.1, -0.05) is 0 Å². The van der Waals surface area contributed by atoms with Crippen LogP contribution in [0.15, 0.2) is 18.2 Å². The topological polar surface area (TPSA) is 32.7 Å². The fourth-order valence-corrected chi connectivity index (χ4v) is 2.17. The summed E-state index contributed by atoms with van der Waals surface area (Å²) in [7, 11) is 1.66. The fraction of sp³-hybridized carbons (Fsp3) is 0.571. The molecule has 0 aromatic heterocycles. The van der Waals surface area contributed by atoms with Crippen molar-refractivity contribution in [3.8, 4) is 0 Å². The summed E-state index contributed by atoms with van der Waals surface area (Å²) in [5.74, 6) is -0.329. The second kappa shape index (κ2) is 6.71. The monoisotopic (exact) mass is 255 g/mol. The maximum Gasteiger partial charge on any atom is 0.123 e. The lowest BCUT2D eigenvalue weighted by Crippen LogP contribution is -2.36. The number of hydrogen-bond acceptors (Lipinski definition) is 3. The zero-order chi connectivity index (χ0) is 13.7. The molecule has 0 spiro atoms. The predicted molar refractivity (Wildman–Crippen MR) is 71.4 cm³/mol. The van der Waals surface area contributed by atoms with Crippen molar-refractivity contribution in [2.45, 2.75) is 32.9 Å². The number of halogens is 1. The molecule has 0 amide bonds. The summed E-state index contributed by atoms with van der Waals surface area (Å²) < 4.78 is 18.4. The molecule has 1 unspecified atom stereocenters. The minimum absolute atomic E-state index is 0.169. The number of rotatable bonds is 6. The summed E-state index contributed by atoms with van der Waals surface area (Å²) >= 11 is 0. The number of hydrogen-bond donors (Lipinski definition) is 1. The van der Waals surface area contributed by atoms with E-state index in [0.29, 0.717) is 12.2 Å². The van der Waals surface area contributed by atoms with Crippen molar-refractivity contribution >= 4 is 5.69 Å². The molecule has 0 radical (unpaired) electrons. The molecule has 4 heteroatoms. The smallest absolute Gasteiger partial charge is 0.123 e. The normalized spacial score (nSPS) is 14.3.